The van der Waals surface area contributed by atoms with Crippen LogP contribution in [0.5, 0.6) is 0 Å². The summed E-state index contributed by atoms with van der Waals surface area (Å²) < 4.78 is 48.9. The number of hydrogen-bond donors (Lipinski definition) is 1. The molecule has 0 aliphatic heterocycles. The van der Waals surface area contributed by atoms with Gasteiger partial charge in [-0.2, -0.15) is 13.2 Å². The third-order valence-electron chi connectivity index (χ3n) is 1.73. The normalized spacial score (nSPS) is 12.0. The zero-order valence-electron chi connectivity index (χ0n) is 7.68. The Hall–Kier alpha value is -1.52. The van der Waals surface area contributed by atoms with Crippen molar-refractivity contribution in [1.82, 2.24) is 0 Å². The first kappa shape index (κ1) is 11.6. The molecule has 1 rings (SSSR count). The van der Waals surface area contributed by atoms with Crippen molar-refractivity contribution in [2.24, 2.45) is 0 Å². The van der Waals surface area contributed by atoms with Crippen molar-refractivity contribution in [3.63, 3.8) is 0 Å². The summed E-state index contributed by atoms with van der Waals surface area (Å²) in [5.41, 5.74) is -0.805. The molecule has 0 unspecified atom stereocenters. The van der Waals surface area contributed by atoms with Crippen molar-refractivity contribution in [3.05, 3.63) is 42.2 Å². The molecule has 82 valence electrons. The lowest BCUT2D eigenvalue weighted by Gasteiger charge is -2.12. The highest BCUT2D eigenvalue weighted by atomic mass is 19.4. The number of para-hydroxylation sites is 1. The van der Waals surface area contributed by atoms with E-state index in [0.717, 1.165) is 12.1 Å². The predicted molar refractivity (Wildman–Crippen MR) is 50.2 cm³/mol. The van der Waals surface area contributed by atoms with Crippen molar-refractivity contribution < 1.29 is 17.6 Å². The summed E-state index contributed by atoms with van der Waals surface area (Å²) in [6, 6.07) is 5.06. The van der Waals surface area contributed by atoms with Gasteiger partial charge < -0.3 is 5.32 Å². The molecule has 0 aromatic heterocycles. The molecular weight excluding hydrogens is 210 g/mol. The molecule has 1 nitrogen and oxygen atoms in total. The molecule has 0 amide bonds. The van der Waals surface area contributed by atoms with E-state index in [2.05, 4.69) is 5.32 Å². The SMILES string of the molecule is FC=CCNc1ccccc1C(F)(F)F. The van der Waals surface area contributed by atoms with Gasteiger partial charge in [-0.05, 0) is 18.2 Å². The van der Waals surface area contributed by atoms with Crippen molar-refractivity contribution in [3.8, 4) is 0 Å². The lowest BCUT2D eigenvalue weighted by atomic mass is 10.1. The second-order valence-corrected chi connectivity index (χ2v) is 2.79. The maximum Gasteiger partial charge on any atom is 0.418 e. The summed E-state index contributed by atoms with van der Waals surface area (Å²) in [5, 5.41) is 2.47. The van der Waals surface area contributed by atoms with E-state index in [1.54, 1.807) is 0 Å². The second kappa shape index (κ2) is 4.82. The van der Waals surface area contributed by atoms with E-state index in [-0.39, 0.29) is 18.6 Å². The smallest absolute Gasteiger partial charge is 0.381 e. The zero-order chi connectivity index (χ0) is 11.3. The molecular formula is C10H9F4N. The van der Waals surface area contributed by atoms with Crippen molar-refractivity contribution in [1.29, 1.82) is 0 Å². The molecule has 0 aliphatic rings. The predicted octanol–water partition coefficient (Wildman–Crippen LogP) is 3.60. The monoisotopic (exact) mass is 219 g/mol. The number of benzene rings is 1. The van der Waals surface area contributed by atoms with E-state index in [1.807, 2.05) is 0 Å². The summed E-state index contributed by atoms with van der Waals surface area (Å²) >= 11 is 0. The minimum Gasteiger partial charge on any atom is -0.381 e. The Labute approximate surface area is 84.4 Å². The van der Waals surface area contributed by atoms with E-state index in [1.165, 1.54) is 18.2 Å². The molecule has 0 bridgehead atoms. The summed E-state index contributed by atoms with van der Waals surface area (Å²) in [7, 11) is 0. The lowest BCUT2D eigenvalue weighted by molar-refractivity contribution is -0.136. The number of rotatable bonds is 3. The van der Waals surface area contributed by atoms with Gasteiger partial charge >= 0.3 is 6.18 Å². The number of anilines is 1. The highest BCUT2D eigenvalue weighted by Gasteiger charge is 2.32. The molecule has 0 saturated carbocycles. The molecule has 0 radical (unpaired) electrons. The Kier molecular flexibility index (Phi) is 3.71. The molecule has 0 atom stereocenters. The van der Waals surface area contributed by atoms with E-state index in [4.69, 9.17) is 0 Å². The van der Waals surface area contributed by atoms with Crippen LogP contribution < -0.4 is 5.32 Å². The van der Waals surface area contributed by atoms with Crippen LogP contribution in [0.3, 0.4) is 0 Å². The van der Waals surface area contributed by atoms with Gasteiger partial charge in [0.2, 0.25) is 0 Å². The van der Waals surface area contributed by atoms with Crippen LogP contribution in [-0.4, -0.2) is 6.54 Å². The van der Waals surface area contributed by atoms with Crippen molar-refractivity contribution >= 4 is 5.69 Å². The summed E-state index contributed by atoms with van der Waals surface area (Å²) in [6.45, 7) is 0.0175. The third kappa shape index (κ3) is 3.27. The molecule has 5 heteroatoms. The quantitative estimate of drug-likeness (QED) is 0.766. The average Bonchev–Trinajstić information content (AvgIpc) is 2.17. The van der Waals surface area contributed by atoms with Gasteiger partial charge in [-0.15, -0.1) is 0 Å². The van der Waals surface area contributed by atoms with Gasteiger partial charge in [-0.3, -0.25) is 0 Å². The Morgan fingerprint density at radius 2 is 1.87 bits per heavy atom. The van der Waals surface area contributed by atoms with Crippen molar-refractivity contribution in [2.75, 3.05) is 11.9 Å². The Morgan fingerprint density at radius 1 is 1.20 bits per heavy atom. The van der Waals surface area contributed by atoms with Crippen LogP contribution in [0.2, 0.25) is 0 Å². The standard InChI is InChI=1S/C10H9F4N/c11-6-3-7-15-9-5-2-1-4-8(9)10(12,13)14/h1-6,15H,7H2. The minimum absolute atomic E-state index is 0.0175. The topological polar surface area (TPSA) is 12.0 Å². The first-order valence-corrected chi connectivity index (χ1v) is 4.21. The molecule has 0 fully saturated rings. The first-order valence-electron chi connectivity index (χ1n) is 4.21. The van der Waals surface area contributed by atoms with Gasteiger partial charge in [0.1, 0.15) is 0 Å². The molecule has 0 heterocycles. The average molecular weight is 219 g/mol. The zero-order valence-corrected chi connectivity index (χ0v) is 7.68. The largest absolute Gasteiger partial charge is 0.418 e. The molecule has 15 heavy (non-hydrogen) atoms. The Morgan fingerprint density at radius 3 is 2.47 bits per heavy atom. The van der Waals surface area contributed by atoms with Gasteiger partial charge in [0.15, 0.2) is 0 Å². The number of hydrogen-bond acceptors (Lipinski definition) is 1. The molecule has 1 aromatic carbocycles. The van der Waals surface area contributed by atoms with E-state index >= 15 is 0 Å². The van der Waals surface area contributed by atoms with Gasteiger partial charge in [-0.1, -0.05) is 12.1 Å². The fourth-order valence-corrected chi connectivity index (χ4v) is 1.10. The Balaban J connectivity index is 2.87. The second-order valence-electron chi connectivity index (χ2n) is 2.79. The first-order chi connectivity index (χ1) is 7.05. The highest BCUT2D eigenvalue weighted by Crippen LogP contribution is 2.34. The molecule has 0 saturated heterocycles. The number of nitrogens with one attached hydrogen (secondary N) is 1. The van der Waals surface area contributed by atoms with Crippen LogP contribution in [0, 0.1) is 0 Å². The van der Waals surface area contributed by atoms with E-state index < -0.39 is 11.7 Å². The molecule has 1 N–H and O–H groups in total. The highest BCUT2D eigenvalue weighted by molar-refractivity contribution is 5.52. The van der Waals surface area contributed by atoms with Gasteiger partial charge in [0.05, 0.1) is 11.9 Å². The van der Waals surface area contributed by atoms with E-state index in [0.29, 0.717) is 0 Å². The molecule has 0 aliphatic carbocycles. The van der Waals surface area contributed by atoms with Gasteiger partial charge in [0.25, 0.3) is 0 Å². The van der Waals surface area contributed by atoms with Crippen LogP contribution in [0.4, 0.5) is 23.2 Å². The van der Waals surface area contributed by atoms with Crippen LogP contribution in [0.15, 0.2) is 36.7 Å². The van der Waals surface area contributed by atoms with Crippen LogP contribution in [0.1, 0.15) is 5.56 Å². The Bertz CT molecular complexity index is 344. The molecule has 1 aromatic rings. The van der Waals surface area contributed by atoms with Crippen molar-refractivity contribution in [2.45, 2.75) is 6.18 Å². The maximum absolute atomic E-state index is 12.4. The number of halogens is 4. The fraction of sp³-hybridized carbons (Fsp3) is 0.200. The molecule has 0 spiro atoms. The van der Waals surface area contributed by atoms with Gasteiger partial charge in [0, 0.05) is 12.2 Å². The fourth-order valence-electron chi connectivity index (χ4n) is 1.10. The summed E-state index contributed by atoms with van der Waals surface area (Å²) in [6.07, 6.45) is -3.03. The summed E-state index contributed by atoms with van der Waals surface area (Å²) in [4.78, 5) is 0. The van der Waals surface area contributed by atoms with Crippen LogP contribution >= 0.6 is 0 Å². The third-order valence-corrected chi connectivity index (χ3v) is 1.73. The number of alkyl halides is 3. The lowest BCUT2D eigenvalue weighted by Crippen LogP contribution is -2.10. The van der Waals surface area contributed by atoms with E-state index in [9.17, 15) is 17.6 Å². The van der Waals surface area contributed by atoms with Gasteiger partial charge in [-0.25, -0.2) is 4.39 Å². The minimum atomic E-state index is -4.40. The summed E-state index contributed by atoms with van der Waals surface area (Å²) in [5.74, 6) is 0. The maximum atomic E-state index is 12.4. The van der Waals surface area contributed by atoms with Crippen LogP contribution in [0.25, 0.3) is 0 Å². The van der Waals surface area contributed by atoms with Crippen LogP contribution in [-0.2, 0) is 6.18 Å².